The number of halogens is 3. The molecule has 0 saturated carbocycles. The van der Waals surface area contributed by atoms with Crippen LogP contribution >= 0.6 is 37.2 Å². The van der Waals surface area contributed by atoms with E-state index in [0.717, 1.165) is 64.4 Å². The minimum atomic E-state index is -1.13. The van der Waals surface area contributed by atoms with Gasteiger partial charge in [-0.2, -0.15) is 0 Å². The average molecular weight is 568 g/mol. The third-order valence-corrected chi connectivity index (χ3v) is 6.99. The molecule has 3 fully saturated rings. The Morgan fingerprint density at radius 1 is 0.889 bits per heavy atom. The van der Waals surface area contributed by atoms with Gasteiger partial charge in [-0.3, -0.25) is 4.79 Å². The zero-order valence-electron chi connectivity index (χ0n) is 21.0. The van der Waals surface area contributed by atoms with Gasteiger partial charge in [0.1, 0.15) is 0 Å². The minimum absolute atomic E-state index is 0. The van der Waals surface area contributed by atoms with Gasteiger partial charge in [0.05, 0.1) is 6.10 Å². The van der Waals surface area contributed by atoms with Crippen LogP contribution in [0.15, 0.2) is 30.3 Å². The Morgan fingerprint density at radius 3 is 2.06 bits per heavy atom. The van der Waals surface area contributed by atoms with Crippen LogP contribution in [0.5, 0.6) is 0 Å². The minimum Gasteiger partial charge on any atom is -0.365 e. The molecule has 36 heavy (non-hydrogen) atoms. The predicted molar refractivity (Wildman–Crippen MR) is 147 cm³/mol. The molecule has 11 heteroatoms. The molecule has 0 aliphatic carbocycles. The Hall–Kier alpha value is -0.970. The summed E-state index contributed by atoms with van der Waals surface area (Å²) in [7, 11) is 0. The van der Waals surface area contributed by atoms with E-state index in [1.165, 1.54) is 25.3 Å². The monoisotopic (exact) mass is 566 g/mol. The van der Waals surface area contributed by atoms with Gasteiger partial charge in [-0.1, -0.05) is 30.3 Å². The second kappa shape index (κ2) is 16.8. The average Bonchev–Trinajstić information content (AvgIpc) is 2.84. The SMILES string of the molecule is CC(=O)C(OC1CCNCC1)C(=O)ON1CCN(N2CCC(Cc3ccccc3)CC2)CC1.Cl.Cl.Cl. The first-order valence-corrected chi connectivity index (χ1v) is 12.5. The molecule has 3 aliphatic rings. The maximum atomic E-state index is 12.6. The Bertz CT molecular complexity index is 770. The molecule has 206 valence electrons. The zero-order valence-corrected chi connectivity index (χ0v) is 23.5. The number of nitrogens with one attached hydrogen (secondary N) is 1. The largest absolute Gasteiger partial charge is 0.365 e. The van der Waals surface area contributed by atoms with Gasteiger partial charge in [-0.25, -0.2) is 14.8 Å². The van der Waals surface area contributed by atoms with Gasteiger partial charge in [-0.15, -0.1) is 42.3 Å². The quantitative estimate of drug-likeness (QED) is 0.481. The van der Waals surface area contributed by atoms with Crippen molar-refractivity contribution in [2.45, 2.75) is 51.2 Å². The van der Waals surface area contributed by atoms with Gasteiger partial charge in [0.15, 0.2) is 5.78 Å². The molecule has 1 unspecified atom stereocenters. The molecular formula is C25H41Cl3N4O4. The van der Waals surface area contributed by atoms with E-state index in [-0.39, 0.29) is 49.1 Å². The fourth-order valence-corrected chi connectivity index (χ4v) is 5.02. The topological polar surface area (TPSA) is 74.3 Å². The lowest BCUT2D eigenvalue weighted by atomic mass is 9.91. The summed E-state index contributed by atoms with van der Waals surface area (Å²) < 4.78 is 5.82. The number of carbonyl (C=O) groups is 2. The van der Waals surface area contributed by atoms with E-state index in [9.17, 15) is 9.59 Å². The number of hydrogen-bond donors (Lipinski definition) is 1. The number of piperidine rings is 2. The molecule has 0 spiro atoms. The van der Waals surface area contributed by atoms with Gasteiger partial charge >= 0.3 is 5.97 Å². The van der Waals surface area contributed by atoms with Gasteiger partial charge in [0.2, 0.25) is 6.10 Å². The second-order valence-electron chi connectivity index (χ2n) is 9.46. The number of ketones is 1. The fraction of sp³-hybridized carbons (Fsp3) is 0.680. The molecule has 8 nitrogen and oxygen atoms in total. The molecule has 0 aromatic heterocycles. The first-order chi connectivity index (χ1) is 16.1. The Balaban J connectivity index is 0.00000216. The third kappa shape index (κ3) is 9.72. The molecule has 3 saturated heterocycles. The molecular weight excluding hydrogens is 527 g/mol. The Kier molecular flexibility index (Phi) is 15.4. The van der Waals surface area contributed by atoms with Gasteiger partial charge in [-0.05, 0) is 63.6 Å². The highest BCUT2D eigenvalue weighted by Crippen LogP contribution is 2.23. The molecule has 0 amide bonds. The number of carbonyl (C=O) groups excluding carboxylic acids is 2. The summed E-state index contributed by atoms with van der Waals surface area (Å²) in [5.41, 5.74) is 1.43. The summed E-state index contributed by atoms with van der Waals surface area (Å²) in [6, 6.07) is 10.8. The Morgan fingerprint density at radius 2 is 1.47 bits per heavy atom. The number of benzene rings is 1. The summed E-state index contributed by atoms with van der Waals surface area (Å²) in [5, 5.41) is 9.79. The smallest absolute Gasteiger partial charge is 0.361 e. The number of hydroxylamine groups is 2. The van der Waals surface area contributed by atoms with E-state index in [1.807, 2.05) is 0 Å². The number of rotatable bonds is 8. The molecule has 0 radical (unpaired) electrons. The lowest BCUT2D eigenvalue weighted by Crippen LogP contribution is -2.56. The normalized spacial score (nSPS) is 21.4. The van der Waals surface area contributed by atoms with E-state index in [2.05, 4.69) is 45.7 Å². The predicted octanol–water partition coefficient (Wildman–Crippen LogP) is 2.92. The van der Waals surface area contributed by atoms with Gasteiger partial charge < -0.3 is 14.9 Å². The molecule has 1 aromatic rings. The van der Waals surface area contributed by atoms with Crippen molar-refractivity contribution in [2.24, 2.45) is 5.92 Å². The van der Waals surface area contributed by atoms with Crippen molar-refractivity contribution in [1.82, 2.24) is 20.4 Å². The third-order valence-electron chi connectivity index (χ3n) is 6.99. The van der Waals surface area contributed by atoms with Crippen molar-refractivity contribution in [3.63, 3.8) is 0 Å². The van der Waals surface area contributed by atoms with Crippen molar-refractivity contribution in [1.29, 1.82) is 0 Å². The van der Waals surface area contributed by atoms with Crippen LogP contribution in [0.25, 0.3) is 0 Å². The molecule has 1 aromatic carbocycles. The van der Waals surface area contributed by atoms with Crippen LogP contribution in [0.4, 0.5) is 0 Å². The first kappa shape index (κ1) is 33.1. The number of Topliss-reactive ketones (excluding diaryl/α,β-unsaturated/α-hetero) is 1. The molecule has 1 N–H and O–H groups in total. The van der Waals surface area contributed by atoms with E-state index < -0.39 is 12.1 Å². The fourth-order valence-electron chi connectivity index (χ4n) is 5.02. The lowest BCUT2D eigenvalue weighted by Gasteiger charge is -2.43. The highest BCUT2D eigenvalue weighted by atomic mass is 35.5. The Labute approximate surface area is 233 Å². The number of hydrazine groups is 1. The van der Waals surface area contributed by atoms with Crippen LogP contribution in [-0.2, 0) is 25.6 Å². The van der Waals surface area contributed by atoms with E-state index in [0.29, 0.717) is 13.1 Å². The maximum Gasteiger partial charge on any atom is 0.361 e. The van der Waals surface area contributed by atoms with E-state index in [1.54, 1.807) is 5.06 Å². The molecule has 0 bridgehead atoms. The maximum absolute atomic E-state index is 12.6. The highest BCUT2D eigenvalue weighted by Gasteiger charge is 2.33. The van der Waals surface area contributed by atoms with Crippen LogP contribution in [0.3, 0.4) is 0 Å². The number of hydrogen-bond acceptors (Lipinski definition) is 8. The van der Waals surface area contributed by atoms with Crippen molar-refractivity contribution in [3.8, 4) is 0 Å². The first-order valence-electron chi connectivity index (χ1n) is 12.5. The summed E-state index contributed by atoms with van der Waals surface area (Å²) in [6.07, 6.45) is 3.98. The van der Waals surface area contributed by atoms with Crippen LogP contribution in [0.1, 0.15) is 38.2 Å². The second-order valence-corrected chi connectivity index (χ2v) is 9.46. The van der Waals surface area contributed by atoms with Crippen molar-refractivity contribution in [3.05, 3.63) is 35.9 Å². The van der Waals surface area contributed by atoms with Crippen LogP contribution in [0, 0.1) is 5.92 Å². The highest BCUT2D eigenvalue weighted by molar-refractivity contribution is 6.00. The zero-order chi connectivity index (χ0) is 23.0. The molecule has 3 heterocycles. The van der Waals surface area contributed by atoms with E-state index >= 15 is 0 Å². The molecule has 1 atom stereocenters. The lowest BCUT2D eigenvalue weighted by molar-refractivity contribution is -0.220. The standard InChI is InChI=1S/C25H38N4O4.3ClH/c1-20(30)24(32-23-7-11-26-12-8-23)25(31)33-29-17-15-28(16-18-29)27-13-9-22(10-14-27)19-21-5-3-2-4-6-21;;;/h2-6,22-24,26H,7-19H2,1H3;3*1H. The van der Waals surface area contributed by atoms with Crippen LogP contribution in [0.2, 0.25) is 0 Å². The van der Waals surface area contributed by atoms with Gasteiger partial charge in [0, 0.05) is 39.3 Å². The van der Waals surface area contributed by atoms with E-state index in [4.69, 9.17) is 9.57 Å². The summed E-state index contributed by atoms with van der Waals surface area (Å²) >= 11 is 0. The number of piperazine rings is 1. The number of ether oxygens (including phenoxy) is 1. The van der Waals surface area contributed by atoms with Crippen LogP contribution < -0.4 is 5.32 Å². The number of nitrogens with zero attached hydrogens (tertiary/aromatic N) is 3. The summed E-state index contributed by atoms with van der Waals surface area (Å²) in [5.74, 6) is -0.138. The molecule has 4 rings (SSSR count). The van der Waals surface area contributed by atoms with Crippen molar-refractivity contribution < 1.29 is 19.2 Å². The van der Waals surface area contributed by atoms with Crippen LogP contribution in [-0.4, -0.2) is 91.4 Å². The summed E-state index contributed by atoms with van der Waals surface area (Å²) in [6.45, 7) is 8.13. The molecule has 3 aliphatic heterocycles. The summed E-state index contributed by atoms with van der Waals surface area (Å²) in [4.78, 5) is 30.2. The van der Waals surface area contributed by atoms with Crippen molar-refractivity contribution in [2.75, 3.05) is 52.4 Å². The van der Waals surface area contributed by atoms with Gasteiger partial charge in [0.25, 0.3) is 0 Å². The van der Waals surface area contributed by atoms with Crippen molar-refractivity contribution >= 4 is 49.0 Å².